The van der Waals surface area contributed by atoms with Gasteiger partial charge in [0, 0.05) is 0 Å². The highest BCUT2D eigenvalue weighted by atomic mass is 16.6. The third kappa shape index (κ3) is 2.69. The predicted molar refractivity (Wildman–Crippen MR) is 62.6 cm³/mol. The van der Waals surface area contributed by atoms with Crippen LogP contribution in [0.25, 0.3) is 0 Å². The Morgan fingerprint density at radius 1 is 1.22 bits per heavy atom. The molecule has 1 heterocycles. The monoisotopic (exact) mass is 252 g/mol. The third-order valence-electron chi connectivity index (χ3n) is 2.95. The predicted octanol–water partition coefficient (Wildman–Crippen LogP) is 0.239. The van der Waals surface area contributed by atoms with Crippen LogP contribution in [0.3, 0.4) is 0 Å². The number of hydrogen-bond donors (Lipinski definition) is 2. The zero-order chi connectivity index (χ0) is 13.1. The molecule has 0 unspecified atom stereocenters. The number of ether oxygens (including phenoxy) is 2. The Morgan fingerprint density at radius 3 is 2.56 bits per heavy atom. The number of esters is 1. The number of rotatable bonds is 3. The van der Waals surface area contributed by atoms with Gasteiger partial charge in [-0.3, -0.25) is 0 Å². The van der Waals surface area contributed by atoms with Gasteiger partial charge in [0.05, 0.1) is 6.61 Å². The molecule has 0 spiro atoms. The molecule has 0 radical (unpaired) electrons. The maximum atomic E-state index is 11.6. The van der Waals surface area contributed by atoms with E-state index in [9.17, 15) is 15.0 Å². The smallest absolute Gasteiger partial charge is 0.338 e. The highest BCUT2D eigenvalue weighted by Crippen LogP contribution is 2.19. The van der Waals surface area contributed by atoms with E-state index in [0.717, 1.165) is 5.56 Å². The lowest BCUT2D eigenvalue weighted by Gasteiger charge is -2.34. The molecule has 0 amide bonds. The van der Waals surface area contributed by atoms with Gasteiger partial charge in [-0.2, -0.15) is 0 Å². The molecule has 18 heavy (non-hydrogen) atoms. The van der Waals surface area contributed by atoms with Crippen LogP contribution < -0.4 is 0 Å². The normalized spacial score (nSPS) is 32.1. The van der Waals surface area contributed by atoms with E-state index in [0.29, 0.717) is 0 Å². The van der Waals surface area contributed by atoms with E-state index in [4.69, 9.17) is 9.47 Å². The van der Waals surface area contributed by atoms with Crippen molar-refractivity contribution in [2.45, 2.75) is 37.9 Å². The number of carbonyl (C=O) groups is 1. The van der Waals surface area contributed by atoms with Crippen molar-refractivity contribution in [2.24, 2.45) is 0 Å². The van der Waals surface area contributed by atoms with Crippen molar-refractivity contribution in [1.82, 2.24) is 0 Å². The number of hydrogen-bond acceptors (Lipinski definition) is 5. The molecule has 98 valence electrons. The molecule has 0 aliphatic carbocycles. The average molecular weight is 252 g/mol. The molecular formula is C13H16O5. The Hall–Kier alpha value is -1.43. The minimum atomic E-state index is -1.26. The fourth-order valence-corrected chi connectivity index (χ4v) is 1.84. The molecule has 0 saturated carbocycles. The average Bonchev–Trinajstić information content (AvgIpc) is 2.37. The summed E-state index contributed by atoms with van der Waals surface area (Å²) in [5, 5.41) is 19.4. The molecule has 1 saturated heterocycles. The lowest BCUT2D eigenvalue weighted by atomic mass is 10.0. The van der Waals surface area contributed by atoms with Gasteiger partial charge in [0.1, 0.15) is 18.3 Å². The van der Waals surface area contributed by atoms with Crippen molar-refractivity contribution >= 4 is 5.97 Å². The minimum absolute atomic E-state index is 0.179. The van der Waals surface area contributed by atoms with Gasteiger partial charge in [0.15, 0.2) is 6.10 Å². The molecule has 1 fully saturated rings. The van der Waals surface area contributed by atoms with Crippen molar-refractivity contribution in [1.29, 1.82) is 0 Å². The van der Waals surface area contributed by atoms with Gasteiger partial charge in [-0.05, 0) is 12.5 Å². The van der Waals surface area contributed by atoms with Crippen molar-refractivity contribution in [3.8, 4) is 0 Å². The number of aliphatic hydroxyl groups is 2. The van der Waals surface area contributed by atoms with Gasteiger partial charge in [-0.15, -0.1) is 0 Å². The number of aliphatic hydroxyl groups excluding tert-OH is 2. The molecule has 5 nitrogen and oxygen atoms in total. The Bertz CT molecular complexity index is 405. The van der Waals surface area contributed by atoms with Gasteiger partial charge in [0.25, 0.3) is 0 Å². The zero-order valence-corrected chi connectivity index (χ0v) is 10.0. The zero-order valence-electron chi connectivity index (χ0n) is 10.0. The quantitative estimate of drug-likeness (QED) is 0.754. The largest absolute Gasteiger partial charge is 0.458 e. The first-order chi connectivity index (χ1) is 8.59. The molecule has 5 heteroatoms. The molecule has 1 aliphatic heterocycles. The van der Waals surface area contributed by atoms with Crippen LogP contribution in [0.15, 0.2) is 30.3 Å². The third-order valence-corrected chi connectivity index (χ3v) is 2.95. The Kier molecular flexibility index (Phi) is 3.96. The van der Waals surface area contributed by atoms with Crippen molar-refractivity contribution in [3.63, 3.8) is 0 Å². The van der Waals surface area contributed by atoms with E-state index < -0.39 is 30.4 Å². The summed E-state index contributed by atoms with van der Waals surface area (Å²) >= 11 is 0. The summed E-state index contributed by atoms with van der Waals surface area (Å²) in [7, 11) is 0. The van der Waals surface area contributed by atoms with Crippen LogP contribution in [-0.4, -0.2) is 40.6 Å². The maximum absolute atomic E-state index is 11.6. The first-order valence-corrected chi connectivity index (χ1v) is 5.81. The molecule has 2 N–H and O–H groups in total. The van der Waals surface area contributed by atoms with Crippen LogP contribution in [0, 0.1) is 0 Å². The summed E-state index contributed by atoms with van der Waals surface area (Å²) in [5.41, 5.74) is 0.880. The Balaban J connectivity index is 1.98. The molecule has 2 rings (SSSR count). The van der Waals surface area contributed by atoms with E-state index >= 15 is 0 Å². The van der Waals surface area contributed by atoms with Gasteiger partial charge in [-0.25, -0.2) is 4.79 Å². The van der Waals surface area contributed by atoms with E-state index in [2.05, 4.69) is 0 Å². The fraction of sp³-hybridized carbons (Fsp3) is 0.462. The van der Waals surface area contributed by atoms with Gasteiger partial charge >= 0.3 is 5.97 Å². The van der Waals surface area contributed by atoms with Gasteiger partial charge in [-0.1, -0.05) is 30.3 Å². The molecule has 1 aliphatic rings. The van der Waals surface area contributed by atoms with Crippen LogP contribution in [0.5, 0.6) is 0 Å². The Labute approximate surface area is 105 Å². The first-order valence-electron chi connectivity index (χ1n) is 5.81. The highest BCUT2D eigenvalue weighted by molar-refractivity contribution is 5.76. The second kappa shape index (κ2) is 5.48. The highest BCUT2D eigenvalue weighted by Gasteiger charge is 2.43. The van der Waals surface area contributed by atoms with Gasteiger partial charge < -0.3 is 19.7 Å². The topological polar surface area (TPSA) is 76.0 Å². The van der Waals surface area contributed by atoms with Crippen molar-refractivity contribution in [3.05, 3.63) is 35.9 Å². The second-order valence-corrected chi connectivity index (χ2v) is 4.34. The summed E-state index contributed by atoms with van der Waals surface area (Å²) < 4.78 is 10.2. The molecule has 1 aromatic carbocycles. The first kappa shape index (κ1) is 13.0. The Morgan fingerprint density at radius 2 is 1.89 bits per heavy atom. The van der Waals surface area contributed by atoms with E-state index in [1.54, 1.807) is 0 Å². The maximum Gasteiger partial charge on any atom is 0.338 e. The summed E-state index contributed by atoms with van der Waals surface area (Å²) in [5.74, 6) is -0.642. The number of carbonyl (C=O) groups excluding carboxylic acids is 1. The molecule has 0 aromatic heterocycles. The number of cyclic esters (lactones) is 1. The minimum Gasteiger partial charge on any atom is -0.458 e. The standard InChI is InChI=1S/C13H16O5/c1-8-10(14)11(15)12(13(16)18-8)17-7-9-5-3-2-4-6-9/h2-6,8,10-12,14-15H,7H2,1H3/t8-,10-,11+,12+/m0/s1. The van der Waals surface area contributed by atoms with Crippen LogP contribution in [0.1, 0.15) is 12.5 Å². The van der Waals surface area contributed by atoms with Crippen molar-refractivity contribution in [2.75, 3.05) is 0 Å². The van der Waals surface area contributed by atoms with Crippen molar-refractivity contribution < 1.29 is 24.5 Å². The van der Waals surface area contributed by atoms with Crippen LogP contribution >= 0.6 is 0 Å². The van der Waals surface area contributed by atoms with E-state index in [-0.39, 0.29) is 6.61 Å². The summed E-state index contributed by atoms with van der Waals surface area (Å²) in [6, 6.07) is 9.27. The molecule has 1 aromatic rings. The summed E-state index contributed by atoms with van der Waals surface area (Å²) in [6.45, 7) is 1.71. The molecule has 4 atom stereocenters. The van der Waals surface area contributed by atoms with Crippen LogP contribution in [0.4, 0.5) is 0 Å². The van der Waals surface area contributed by atoms with Crippen LogP contribution in [-0.2, 0) is 20.9 Å². The lowest BCUT2D eigenvalue weighted by molar-refractivity contribution is -0.208. The lowest BCUT2D eigenvalue weighted by Crippen LogP contribution is -2.55. The van der Waals surface area contributed by atoms with E-state index in [1.165, 1.54) is 6.92 Å². The summed E-state index contributed by atoms with van der Waals surface area (Å²) in [6.07, 6.45) is -4.24. The molecule has 0 bridgehead atoms. The summed E-state index contributed by atoms with van der Waals surface area (Å²) in [4.78, 5) is 11.6. The fourth-order valence-electron chi connectivity index (χ4n) is 1.84. The van der Waals surface area contributed by atoms with Gasteiger partial charge in [0.2, 0.25) is 0 Å². The van der Waals surface area contributed by atoms with Crippen LogP contribution in [0.2, 0.25) is 0 Å². The SMILES string of the molecule is C[C@@H]1OC(=O)[C@H](OCc2ccccc2)[C@H](O)[C@H]1O. The van der Waals surface area contributed by atoms with E-state index in [1.807, 2.05) is 30.3 Å². The number of benzene rings is 1. The molecular weight excluding hydrogens is 236 g/mol. The second-order valence-electron chi connectivity index (χ2n) is 4.34.